The van der Waals surface area contributed by atoms with Crippen molar-refractivity contribution in [3.63, 3.8) is 0 Å². The van der Waals surface area contributed by atoms with Gasteiger partial charge in [0.05, 0.1) is 6.61 Å². The number of alkyl halides is 1. The summed E-state index contributed by atoms with van der Waals surface area (Å²) in [5.41, 5.74) is 2.28. The van der Waals surface area contributed by atoms with Gasteiger partial charge in [-0.2, -0.15) is 0 Å². The fourth-order valence-electron chi connectivity index (χ4n) is 1.57. The maximum Gasteiger partial charge on any atom is 0.0663 e. The van der Waals surface area contributed by atoms with Crippen molar-refractivity contribution in [1.29, 1.82) is 0 Å². The van der Waals surface area contributed by atoms with Gasteiger partial charge in [-0.1, -0.05) is 22.0 Å². The first kappa shape index (κ1) is 13.8. The molecule has 0 N–H and O–H groups in total. The summed E-state index contributed by atoms with van der Waals surface area (Å²) in [5, 5.41) is 0. The van der Waals surface area contributed by atoms with Crippen molar-refractivity contribution in [3.05, 3.63) is 28.2 Å². The Morgan fingerprint density at radius 2 is 2.19 bits per heavy atom. The number of ether oxygens (including phenoxy) is 1. The Labute approximate surface area is 111 Å². The SMILES string of the molecule is COCC(C)N(C)c1cc(Br)ccc1CCl. The van der Waals surface area contributed by atoms with Gasteiger partial charge in [0.15, 0.2) is 0 Å². The number of hydrogen-bond donors (Lipinski definition) is 0. The molecule has 1 rings (SSSR count). The van der Waals surface area contributed by atoms with Crippen LogP contribution in [-0.2, 0) is 10.6 Å². The Morgan fingerprint density at radius 3 is 2.75 bits per heavy atom. The molecule has 1 unspecified atom stereocenters. The first-order valence-electron chi connectivity index (χ1n) is 5.16. The maximum absolute atomic E-state index is 5.94. The monoisotopic (exact) mass is 305 g/mol. The van der Waals surface area contributed by atoms with Gasteiger partial charge in [0.2, 0.25) is 0 Å². The van der Waals surface area contributed by atoms with Crippen LogP contribution in [0.2, 0.25) is 0 Å². The van der Waals surface area contributed by atoms with Crippen molar-refractivity contribution in [2.45, 2.75) is 18.8 Å². The molecule has 90 valence electrons. The maximum atomic E-state index is 5.94. The molecule has 0 spiro atoms. The zero-order valence-corrected chi connectivity index (χ0v) is 12.2. The molecule has 4 heteroatoms. The van der Waals surface area contributed by atoms with Gasteiger partial charge < -0.3 is 9.64 Å². The molecule has 0 amide bonds. The van der Waals surface area contributed by atoms with Crippen molar-refractivity contribution in [3.8, 4) is 0 Å². The van der Waals surface area contributed by atoms with E-state index in [9.17, 15) is 0 Å². The average Bonchev–Trinajstić information content (AvgIpc) is 2.28. The Hall–Kier alpha value is -0.250. The van der Waals surface area contributed by atoms with E-state index in [4.69, 9.17) is 16.3 Å². The van der Waals surface area contributed by atoms with E-state index in [0.29, 0.717) is 18.5 Å². The van der Waals surface area contributed by atoms with E-state index in [-0.39, 0.29) is 0 Å². The summed E-state index contributed by atoms with van der Waals surface area (Å²) in [7, 11) is 3.77. The Morgan fingerprint density at radius 1 is 1.50 bits per heavy atom. The van der Waals surface area contributed by atoms with Crippen LogP contribution in [0.3, 0.4) is 0 Å². The molecule has 1 atom stereocenters. The van der Waals surface area contributed by atoms with E-state index < -0.39 is 0 Å². The highest BCUT2D eigenvalue weighted by Gasteiger charge is 2.13. The van der Waals surface area contributed by atoms with Crippen LogP contribution in [0.25, 0.3) is 0 Å². The van der Waals surface area contributed by atoms with E-state index in [1.54, 1.807) is 7.11 Å². The smallest absolute Gasteiger partial charge is 0.0663 e. The van der Waals surface area contributed by atoms with Crippen LogP contribution < -0.4 is 4.90 Å². The van der Waals surface area contributed by atoms with Crippen molar-refractivity contribution in [2.24, 2.45) is 0 Å². The Bertz CT molecular complexity index is 346. The molecule has 0 radical (unpaired) electrons. The van der Waals surface area contributed by atoms with Crippen molar-refractivity contribution >= 4 is 33.2 Å². The molecule has 0 aliphatic heterocycles. The summed E-state index contributed by atoms with van der Waals surface area (Å²) in [6.45, 7) is 2.83. The molecule has 2 nitrogen and oxygen atoms in total. The second-order valence-electron chi connectivity index (χ2n) is 3.82. The molecule has 0 aliphatic carbocycles. The van der Waals surface area contributed by atoms with Crippen LogP contribution in [0.15, 0.2) is 22.7 Å². The Kier molecular flexibility index (Phi) is 5.59. The average molecular weight is 307 g/mol. The fraction of sp³-hybridized carbons (Fsp3) is 0.500. The van der Waals surface area contributed by atoms with Crippen LogP contribution >= 0.6 is 27.5 Å². The lowest BCUT2D eigenvalue weighted by molar-refractivity contribution is 0.183. The lowest BCUT2D eigenvalue weighted by Gasteiger charge is -2.28. The molecule has 0 bridgehead atoms. The standard InChI is InChI=1S/C12H17BrClNO/c1-9(8-16-3)15(2)12-6-11(13)5-4-10(12)7-14/h4-6,9H,7-8H2,1-3H3. The van der Waals surface area contributed by atoms with Crippen molar-refractivity contribution in [2.75, 3.05) is 25.7 Å². The van der Waals surface area contributed by atoms with Gasteiger partial charge in [0.1, 0.15) is 0 Å². The molecule has 0 saturated heterocycles. The summed E-state index contributed by atoms with van der Waals surface area (Å²) in [6, 6.07) is 6.46. The van der Waals surface area contributed by atoms with Gasteiger partial charge in [0.25, 0.3) is 0 Å². The molecule has 0 fully saturated rings. The highest BCUT2D eigenvalue weighted by molar-refractivity contribution is 9.10. The van der Waals surface area contributed by atoms with Gasteiger partial charge in [-0.25, -0.2) is 0 Å². The number of benzene rings is 1. The van der Waals surface area contributed by atoms with Crippen LogP contribution in [0, 0.1) is 0 Å². The minimum atomic E-state index is 0.321. The highest BCUT2D eigenvalue weighted by atomic mass is 79.9. The molecule has 1 aromatic rings. The van der Waals surface area contributed by atoms with E-state index in [1.807, 2.05) is 12.1 Å². The predicted octanol–water partition coefficient (Wildman–Crippen LogP) is 3.66. The number of hydrogen-bond acceptors (Lipinski definition) is 2. The Balaban J connectivity index is 2.96. The third kappa shape index (κ3) is 3.37. The molecular formula is C12H17BrClNO. The lowest BCUT2D eigenvalue weighted by Crippen LogP contribution is -2.33. The molecule has 0 aliphatic rings. The molecule has 0 heterocycles. The van der Waals surface area contributed by atoms with Crippen molar-refractivity contribution < 1.29 is 4.74 Å². The number of likely N-dealkylation sites (N-methyl/N-ethyl adjacent to an activating group) is 1. The molecule has 16 heavy (non-hydrogen) atoms. The molecule has 1 aromatic carbocycles. The van der Waals surface area contributed by atoms with Gasteiger partial charge in [-0.05, 0) is 24.6 Å². The number of rotatable bonds is 5. The summed E-state index contributed by atoms with van der Waals surface area (Å²) >= 11 is 9.42. The quantitative estimate of drug-likeness (QED) is 0.770. The molecular weight excluding hydrogens is 289 g/mol. The van der Waals surface area contributed by atoms with E-state index in [2.05, 4.69) is 40.9 Å². The third-order valence-electron chi connectivity index (χ3n) is 2.64. The zero-order chi connectivity index (χ0) is 12.1. The summed E-state index contributed by atoms with van der Waals surface area (Å²) in [6.07, 6.45) is 0. The summed E-state index contributed by atoms with van der Waals surface area (Å²) in [5.74, 6) is 0.520. The largest absolute Gasteiger partial charge is 0.383 e. The second kappa shape index (κ2) is 6.48. The highest BCUT2D eigenvalue weighted by Crippen LogP contribution is 2.27. The third-order valence-corrected chi connectivity index (χ3v) is 3.42. The van der Waals surface area contributed by atoms with Crippen LogP contribution in [-0.4, -0.2) is 26.8 Å². The molecule has 0 saturated carbocycles. The van der Waals surface area contributed by atoms with E-state index in [1.165, 1.54) is 0 Å². The topological polar surface area (TPSA) is 12.5 Å². The summed E-state index contributed by atoms with van der Waals surface area (Å²) in [4.78, 5) is 2.19. The van der Waals surface area contributed by atoms with Gasteiger partial charge in [0, 0.05) is 36.2 Å². The van der Waals surface area contributed by atoms with E-state index in [0.717, 1.165) is 15.7 Å². The fourth-order valence-corrected chi connectivity index (χ4v) is 2.14. The number of nitrogens with zero attached hydrogens (tertiary/aromatic N) is 1. The van der Waals surface area contributed by atoms with Gasteiger partial charge >= 0.3 is 0 Å². The molecule has 0 aromatic heterocycles. The minimum Gasteiger partial charge on any atom is -0.383 e. The number of methoxy groups -OCH3 is 1. The zero-order valence-electron chi connectivity index (χ0n) is 9.84. The van der Waals surface area contributed by atoms with Crippen LogP contribution in [0.5, 0.6) is 0 Å². The first-order chi connectivity index (χ1) is 7.60. The van der Waals surface area contributed by atoms with Gasteiger partial charge in [-0.15, -0.1) is 11.6 Å². The lowest BCUT2D eigenvalue weighted by atomic mass is 10.1. The normalized spacial score (nSPS) is 12.6. The number of halogens is 2. The van der Waals surface area contributed by atoms with Gasteiger partial charge in [-0.3, -0.25) is 0 Å². The predicted molar refractivity (Wildman–Crippen MR) is 73.4 cm³/mol. The van der Waals surface area contributed by atoms with Crippen LogP contribution in [0.1, 0.15) is 12.5 Å². The van der Waals surface area contributed by atoms with Crippen molar-refractivity contribution in [1.82, 2.24) is 0 Å². The first-order valence-corrected chi connectivity index (χ1v) is 6.49. The summed E-state index contributed by atoms with van der Waals surface area (Å²) < 4.78 is 6.23. The van der Waals surface area contributed by atoms with E-state index >= 15 is 0 Å². The van der Waals surface area contributed by atoms with Crippen LogP contribution in [0.4, 0.5) is 5.69 Å². The second-order valence-corrected chi connectivity index (χ2v) is 5.00. The minimum absolute atomic E-state index is 0.321. The number of anilines is 1.